The van der Waals surface area contributed by atoms with Crippen molar-refractivity contribution in [2.45, 2.75) is 49.5 Å². The summed E-state index contributed by atoms with van der Waals surface area (Å²) in [6, 6.07) is 12.6. The number of nitrogens with two attached hydrogens (primary N) is 1. The molecule has 9 heteroatoms. The number of nitrogens with one attached hydrogen (secondary N) is 1. The molecule has 5 rings (SSSR count). The van der Waals surface area contributed by atoms with Crippen LogP contribution in [0.2, 0.25) is 0 Å². The van der Waals surface area contributed by atoms with Gasteiger partial charge in [0.25, 0.3) is 5.91 Å². The van der Waals surface area contributed by atoms with E-state index in [1.165, 1.54) is 11.4 Å². The molecule has 8 nitrogen and oxygen atoms in total. The summed E-state index contributed by atoms with van der Waals surface area (Å²) in [5.74, 6) is 0.746. The number of rotatable bonds is 6. The molecule has 1 amide bonds. The third-order valence-corrected chi connectivity index (χ3v) is 9.42. The monoisotopic (exact) mass is 520 g/mol. The molecule has 194 valence electrons. The predicted octanol–water partition coefficient (Wildman–Crippen LogP) is 4.25. The van der Waals surface area contributed by atoms with Crippen LogP contribution < -0.4 is 15.8 Å². The van der Waals surface area contributed by atoms with Crippen LogP contribution in [-0.4, -0.2) is 50.4 Å². The predicted molar refractivity (Wildman–Crippen MR) is 144 cm³/mol. The largest absolute Gasteiger partial charge is 0.496 e. The minimum absolute atomic E-state index is 0.0240. The number of aromatic nitrogens is 1. The highest BCUT2D eigenvalue weighted by Crippen LogP contribution is 2.37. The van der Waals surface area contributed by atoms with Crippen LogP contribution in [0.25, 0.3) is 22.3 Å². The highest BCUT2D eigenvalue weighted by Gasteiger charge is 2.30. The molecule has 0 radical (unpaired) electrons. The molecular formula is C28H32N4O4S. The van der Waals surface area contributed by atoms with E-state index in [0.717, 1.165) is 60.8 Å². The lowest BCUT2D eigenvalue weighted by molar-refractivity contribution is 0.0946. The number of carbonyl (C=O) groups is 1. The van der Waals surface area contributed by atoms with Gasteiger partial charge in [0.2, 0.25) is 10.0 Å². The number of ether oxygens (including phenoxy) is 1. The number of nitrogen functional groups attached to an aromatic ring is 1. The molecule has 0 bridgehead atoms. The maximum atomic E-state index is 13.4. The first-order valence-electron chi connectivity index (χ1n) is 12.6. The van der Waals surface area contributed by atoms with E-state index in [1.54, 1.807) is 31.4 Å². The summed E-state index contributed by atoms with van der Waals surface area (Å²) in [5.41, 5.74) is 11.0. The van der Waals surface area contributed by atoms with Gasteiger partial charge in [0.05, 0.1) is 12.0 Å². The number of fused-ring (bicyclic) bond motifs is 1. The van der Waals surface area contributed by atoms with E-state index in [1.807, 2.05) is 24.3 Å². The van der Waals surface area contributed by atoms with Crippen LogP contribution >= 0.6 is 0 Å². The summed E-state index contributed by atoms with van der Waals surface area (Å²) in [7, 11) is -0.458. The molecule has 1 aliphatic heterocycles. The normalized spacial score (nSPS) is 16.4. The molecule has 37 heavy (non-hydrogen) atoms. The summed E-state index contributed by atoms with van der Waals surface area (Å²) in [4.78, 5) is 16.7. The Morgan fingerprint density at radius 3 is 2.51 bits per heavy atom. The van der Waals surface area contributed by atoms with Gasteiger partial charge in [0, 0.05) is 54.2 Å². The quantitative estimate of drug-likeness (QED) is 0.502. The van der Waals surface area contributed by atoms with Crippen molar-refractivity contribution in [2.24, 2.45) is 0 Å². The number of hydrogen-bond donors (Lipinski definition) is 2. The summed E-state index contributed by atoms with van der Waals surface area (Å²) < 4.78 is 33.9. The number of methoxy groups -OCH3 is 1. The van der Waals surface area contributed by atoms with Gasteiger partial charge in [-0.05, 0) is 54.7 Å². The maximum absolute atomic E-state index is 13.4. The van der Waals surface area contributed by atoms with Gasteiger partial charge < -0.3 is 15.8 Å². The van der Waals surface area contributed by atoms with E-state index in [2.05, 4.69) is 10.3 Å². The molecule has 0 saturated heterocycles. The van der Waals surface area contributed by atoms with Gasteiger partial charge in [-0.3, -0.25) is 4.79 Å². The lowest BCUT2D eigenvalue weighted by Crippen LogP contribution is -2.38. The molecule has 0 spiro atoms. The van der Waals surface area contributed by atoms with Crippen molar-refractivity contribution in [1.82, 2.24) is 14.6 Å². The number of benzene rings is 2. The van der Waals surface area contributed by atoms with Crippen LogP contribution in [0.15, 0.2) is 53.6 Å². The number of hydrogen-bond acceptors (Lipinski definition) is 6. The topological polar surface area (TPSA) is 115 Å². The van der Waals surface area contributed by atoms with E-state index < -0.39 is 10.0 Å². The number of anilines is 1. The fourth-order valence-corrected chi connectivity index (χ4v) is 6.76. The lowest BCUT2D eigenvalue weighted by atomic mass is 9.94. The van der Waals surface area contributed by atoms with E-state index in [0.29, 0.717) is 29.2 Å². The Morgan fingerprint density at radius 1 is 1.00 bits per heavy atom. The SMILES string of the molecule is COc1cc(S(=O)(=O)N(C)C2CCCCC2)ccc1-c1cnc(N)c(-c2ccc3c(c2)CCNC3=O)c1. The van der Waals surface area contributed by atoms with E-state index in [-0.39, 0.29) is 16.8 Å². The highest BCUT2D eigenvalue weighted by molar-refractivity contribution is 7.89. The molecule has 1 aliphatic carbocycles. The highest BCUT2D eigenvalue weighted by atomic mass is 32.2. The van der Waals surface area contributed by atoms with Crippen molar-refractivity contribution in [3.05, 3.63) is 59.8 Å². The van der Waals surface area contributed by atoms with Crippen molar-refractivity contribution in [2.75, 3.05) is 26.4 Å². The standard InChI is InChI=1S/C28H32N4O4S/c1-32(21-6-4-3-5-7-21)37(34,35)22-9-11-23(26(16-22)36-2)20-15-25(27(29)31-17-20)18-8-10-24-19(14-18)12-13-30-28(24)33/h8-11,14-17,21H,3-7,12-13H2,1-2H3,(H2,29,31)(H,30,33). The molecule has 2 aliphatic rings. The van der Waals surface area contributed by atoms with E-state index in [4.69, 9.17) is 10.5 Å². The Morgan fingerprint density at radius 2 is 1.76 bits per heavy atom. The first kappa shape index (κ1) is 25.2. The van der Waals surface area contributed by atoms with Gasteiger partial charge in [-0.25, -0.2) is 13.4 Å². The summed E-state index contributed by atoms with van der Waals surface area (Å²) in [5, 5.41) is 2.86. The minimum atomic E-state index is -3.66. The van der Waals surface area contributed by atoms with Crippen LogP contribution in [0, 0.1) is 0 Å². The second-order valence-electron chi connectivity index (χ2n) is 9.71. The second kappa shape index (κ2) is 10.1. The Balaban J connectivity index is 1.50. The zero-order chi connectivity index (χ0) is 26.2. The zero-order valence-electron chi connectivity index (χ0n) is 21.2. The Hall–Kier alpha value is -3.43. The molecular weight excluding hydrogens is 488 g/mol. The van der Waals surface area contributed by atoms with Crippen LogP contribution in [0.3, 0.4) is 0 Å². The smallest absolute Gasteiger partial charge is 0.251 e. The molecule has 1 aromatic heterocycles. The van der Waals surface area contributed by atoms with Crippen LogP contribution in [0.5, 0.6) is 5.75 Å². The van der Waals surface area contributed by atoms with Gasteiger partial charge in [0.15, 0.2) is 0 Å². The van der Waals surface area contributed by atoms with Crippen molar-refractivity contribution < 1.29 is 17.9 Å². The first-order chi connectivity index (χ1) is 17.8. The Kier molecular flexibility index (Phi) is 6.92. The van der Waals surface area contributed by atoms with E-state index >= 15 is 0 Å². The van der Waals surface area contributed by atoms with Gasteiger partial charge in [-0.1, -0.05) is 31.4 Å². The molecule has 3 N–H and O–H groups in total. The van der Waals surface area contributed by atoms with Crippen molar-refractivity contribution in [3.8, 4) is 28.0 Å². The fraction of sp³-hybridized carbons (Fsp3) is 0.357. The van der Waals surface area contributed by atoms with E-state index in [9.17, 15) is 13.2 Å². The zero-order valence-corrected chi connectivity index (χ0v) is 22.0. The third-order valence-electron chi connectivity index (χ3n) is 7.51. The van der Waals surface area contributed by atoms with Gasteiger partial charge in [0.1, 0.15) is 11.6 Å². The molecule has 1 saturated carbocycles. The van der Waals surface area contributed by atoms with Crippen LogP contribution in [0.1, 0.15) is 48.0 Å². The average Bonchev–Trinajstić information content (AvgIpc) is 2.93. The Labute approximate surface area is 217 Å². The van der Waals surface area contributed by atoms with Gasteiger partial charge >= 0.3 is 0 Å². The summed E-state index contributed by atoms with van der Waals surface area (Å²) in [6.07, 6.45) is 7.45. The van der Waals surface area contributed by atoms with Gasteiger partial charge in [-0.2, -0.15) is 4.31 Å². The molecule has 0 unspecified atom stereocenters. The number of carbonyl (C=O) groups excluding carboxylic acids is 1. The molecule has 2 heterocycles. The number of nitrogens with zero attached hydrogens (tertiary/aromatic N) is 2. The maximum Gasteiger partial charge on any atom is 0.251 e. The lowest BCUT2D eigenvalue weighted by Gasteiger charge is -2.30. The first-order valence-corrected chi connectivity index (χ1v) is 14.1. The van der Waals surface area contributed by atoms with Crippen molar-refractivity contribution in [1.29, 1.82) is 0 Å². The van der Waals surface area contributed by atoms with Crippen molar-refractivity contribution >= 4 is 21.7 Å². The van der Waals surface area contributed by atoms with Crippen molar-refractivity contribution in [3.63, 3.8) is 0 Å². The summed E-state index contributed by atoms with van der Waals surface area (Å²) >= 11 is 0. The molecule has 0 atom stereocenters. The minimum Gasteiger partial charge on any atom is -0.496 e. The van der Waals surface area contributed by atoms with Crippen LogP contribution in [-0.2, 0) is 16.4 Å². The third kappa shape index (κ3) is 4.81. The van der Waals surface area contributed by atoms with Crippen LogP contribution in [0.4, 0.5) is 5.82 Å². The number of pyridine rings is 1. The molecule has 2 aromatic carbocycles. The number of sulfonamides is 1. The van der Waals surface area contributed by atoms with Gasteiger partial charge in [-0.15, -0.1) is 0 Å². The number of amides is 1. The molecule has 1 fully saturated rings. The second-order valence-corrected chi connectivity index (χ2v) is 11.7. The average molecular weight is 521 g/mol. The molecule has 3 aromatic rings. The fourth-order valence-electron chi connectivity index (χ4n) is 5.33. The summed E-state index contributed by atoms with van der Waals surface area (Å²) in [6.45, 7) is 0.603. The Bertz CT molecular complexity index is 1450.